The van der Waals surface area contributed by atoms with Gasteiger partial charge in [0.15, 0.2) is 0 Å². The fourth-order valence-corrected chi connectivity index (χ4v) is 1.25. The zero-order chi connectivity index (χ0) is 7.56. The smallest absolute Gasteiger partial charge is 0.246 e. The van der Waals surface area contributed by atoms with Crippen molar-refractivity contribution in [1.82, 2.24) is 5.48 Å². The highest BCUT2D eigenvalue weighted by molar-refractivity contribution is 5.78. The average Bonchev–Trinajstić information content (AvgIpc) is 2.34. The Kier molecular flexibility index (Phi) is 2.06. The lowest BCUT2D eigenvalue weighted by Crippen LogP contribution is -2.25. The summed E-state index contributed by atoms with van der Waals surface area (Å²) in [7, 11) is 0. The third-order valence-electron chi connectivity index (χ3n) is 1.86. The van der Waals surface area contributed by atoms with E-state index in [1.54, 1.807) is 5.48 Å². The Morgan fingerprint density at radius 3 is 2.90 bits per heavy atom. The lowest BCUT2D eigenvalue weighted by molar-refractivity contribution is -0.133. The monoisotopic (exact) mass is 141 g/mol. The molecule has 10 heavy (non-hydrogen) atoms. The first-order chi connectivity index (χ1) is 4.74. The van der Waals surface area contributed by atoms with E-state index in [0.717, 1.165) is 24.8 Å². The molecule has 1 atom stereocenters. The maximum absolute atomic E-state index is 10.8. The van der Waals surface area contributed by atoms with Crippen molar-refractivity contribution >= 4 is 5.91 Å². The molecule has 1 rings (SSSR count). The number of carbonyl (C=O) groups excluding carboxylic acids is 1. The third-order valence-corrected chi connectivity index (χ3v) is 1.86. The first-order valence-corrected chi connectivity index (χ1v) is 3.34. The van der Waals surface area contributed by atoms with Crippen LogP contribution in [0.4, 0.5) is 0 Å². The highest BCUT2D eigenvalue weighted by Gasteiger charge is 2.24. The predicted molar refractivity (Wildman–Crippen MR) is 36.4 cm³/mol. The highest BCUT2D eigenvalue weighted by Crippen LogP contribution is 2.28. The number of hydrogen-bond acceptors (Lipinski definition) is 2. The molecule has 0 saturated heterocycles. The number of amides is 1. The van der Waals surface area contributed by atoms with Gasteiger partial charge in [-0.15, -0.1) is 0 Å². The van der Waals surface area contributed by atoms with Gasteiger partial charge in [0, 0.05) is 5.92 Å². The van der Waals surface area contributed by atoms with Crippen LogP contribution in [-0.2, 0) is 4.79 Å². The molecule has 1 aliphatic carbocycles. The van der Waals surface area contributed by atoms with Crippen LogP contribution in [0.3, 0.4) is 0 Å². The van der Waals surface area contributed by atoms with Gasteiger partial charge in [0.05, 0.1) is 0 Å². The normalized spacial score (nSPS) is 24.9. The standard InChI is InChI=1S/C7H11NO2/c1-5-2-3-6(4-5)7(9)8-10/h6,10H,1-4H2,(H,8,9)/t6-/m1/s1. The number of allylic oxidation sites excluding steroid dienone is 1. The number of rotatable bonds is 1. The van der Waals surface area contributed by atoms with Crippen molar-refractivity contribution in [3.8, 4) is 0 Å². The molecule has 1 fully saturated rings. The third kappa shape index (κ3) is 1.36. The summed E-state index contributed by atoms with van der Waals surface area (Å²) in [5.41, 5.74) is 2.75. The molecule has 1 amide bonds. The van der Waals surface area contributed by atoms with Crippen molar-refractivity contribution < 1.29 is 10.0 Å². The van der Waals surface area contributed by atoms with E-state index >= 15 is 0 Å². The van der Waals surface area contributed by atoms with Gasteiger partial charge in [-0.3, -0.25) is 10.0 Å². The van der Waals surface area contributed by atoms with Crippen LogP contribution in [0.5, 0.6) is 0 Å². The molecule has 0 spiro atoms. The summed E-state index contributed by atoms with van der Waals surface area (Å²) < 4.78 is 0. The summed E-state index contributed by atoms with van der Waals surface area (Å²) in [6.45, 7) is 3.76. The molecular weight excluding hydrogens is 130 g/mol. The molecule has 0 bridgehead atoms. The first-order valence-electron chi connectivity index (χ1n) is 3.34. The van der Waals surface area contributed by atoms with Crippen LogP contribution < -0.4 is 5.48 Å². The van der Waals surface area contributed by atoms with E-state index in [4.69, 9.17) is 5.21 Å². The fourth-order valence-electron chi connectivity index (χ4n) is 1.25. The quantitative estimate of drug-likeness (QED) is 0.323. The molecule has 3 nitrogen and oxygen atoms in total. The number of hydrogen-bond donors (Lipinski definition) is 2. The lowest BCUT2D eigenvalue weighted by atomic mass is 10.1. The van der Waals surface area contributed by atoms with E-state index in [9.17, 15) is 4.79 Å². The Bertz CT molecular complexity index is 165. The summed E-state index contributed by atoms with van der Waals surface area (Å²) in [6, 6.07) is 0. The van der Waals surface area contributed by atoms with Crippen LogP contribution in [0.15, 0.2) is 12.2 Å². The minimum atomic E-state index is -0.279. The number of carbonyl (C=O) groups is 1. The van der Waals surface area contributed by atoms with Crippen molar-refractivity contribution in [2.45, 2.75) is 19.3 Å². The number of nitrogens with one attached hydrogen (secondary N) is 1. The molecule has 1 saturated carbocycles. The van der Waals surface area contributed by atoms with E-state index in [2.05, 4.69) is 6.58 Å². The molecule has 0 aromatic heterocycles. The van der Waals surface area contributed by atoms with Crippen LogP contribution >= 0.6 is 0 Å². The largest absolute Gasteiger partial charge is 0.289 e. The molecule has 0 radical (unpaired) electrons. The summed E-state index contributed by atoms with van der Waals surface area (Å²) in [6.07, 6.45) is 2.47. The first kappa shape index (κ1) is 7.28. The summed E-state index contributed by atoms with van der Waals surface area (Å²) in [5.74, 6) is -0.323. The van der Waals surface area contributed by atoms with E-state index in [1.807, 2.05) is 0 Å². The second kappa shape index (κ2) is 2.84. The molecule has 1 aliphatic rings. The predicted octanol–water partition coefficient (Wildman–Crippen LogP) is 0.848. The molecular formula is C7H11NO2. The molecule has 0 aromatic carbocycles. The van der Waals surface area contributed by atoms with E-state index in [1.165, 1.54) is 0 Å². The topological polar surface area (TPSA) is 49.3 Å². The highest BCUT2D eigenvalue weighted by atomic mass is 16.5. The van der Waals surface area contributed by atoms with E-state index < -0.39 is 0 Å². The van der Waals surface area contributed by atoms with Gasteiger partial charge in [0.25, 0.3) is 0 Å². The Labute approximate surface area is 59.7 Å². The molecule has 0 aromatic rings. The average molecular weight is 141 g/mol. The van der Waals surface area contributed by atoms with Gasteiger partial charge < -0.3 is 0 Å². The summed E-state index contributed by atoms with van der Waals surface area (Å²) >= 11 is 0. The lowest BCUT2D eigenvalue weighted by Gasteiger charge is -2.03. The summed E-state index contributed by atoms with van der Waals surface area (Å²) in [4.78, 5) is 10.8. The van der Waals surface area contributed by atoms with Crippen molar-refractivity contribution in [1.29, 1.82) is 0 Å². The van der Waals surface area contributed by atoms with Gasteiger partial charge in [0.1, 0.15) is 0 Å². The summed E-state index contributed by atoms with van der Waals surface area (Å²) in [5, 5.41) is 8.25. The zero-order valence-electron chi connectivity index (χ0n) is 5.76. The van der Waals surface area contributed by atoms with Crippen LogP contribution in [0, 0.1) is 5.92 Å². The molecule has 0 unspecified atom stereocenters. The van der Waals surface area contributed by atoms with Gasteiger partial charge in [-0.1, -0.05) is 12.2 Å². The van der Waals surface area contributed by atoms with Gasteiger partial charge in [-0.2, -0.15) is 0 Å². The maximum atomic E-state index is 10.8. The molecule has 2 N–H and O–H groups in total. The van der Waals surface area contributed by atoms with Crippen LogP contribution in [-0.4, -0.2) is 11.1 Å². The second-order valence-corrected chi connectivity index (χ2v) is 2.67. The van der Waals surface area contributed by atoms with Crippen LogP contribution in [0.1, 0.15) is 19.3 Å². The van der Waals surface area contributed by atoms with E-state index in [-0.39, 0.29) is 11.8 Å². The van der Waals surface area contributed by atoms with Crippen LogP contribution in [0.25, 0.3) is 0 Å². The van der Waals surface area contributed by atoms with Crippen LogP contribution in [0.2, 0.25) is 0 Å². The molecule has 0 aliphatic heterocycles. The Balaban J connectivity index is 2.44. The Hall–Kier alpha value is -0.830. The maximum Gasteiger partial charge on any atom is 0.246 e. The fraction of sp³-hybridized carbons (Fsp3) is 0.571. The van der Waals surface area contributed by atoms with Gasteiger partial charge in [0.2, 0.25) is 5.91 Å². The van der Waals surface area contributed by atoms with Gasteiger partial charge >= 0.3 is 0 Å². The van der Waals surface area contributed by atoms with Gasteiger partial charge in [-0.05, 0) is 19.3 Å². The van der Waals surface area contributed by atoms with Gasteiger partial charge in [-0.25, -0.2) is 5.48 Å². The number of hydroxylamine groups is 1. The Morgan fingerprint density at radius 1 is 1.80 bits per heavy atom. The zero-order valence-corrected chi connectivity index (χ0v) is 5.76. The molecule has 56 valence electrons. The SMILES string of the molecule is C=C1CC[C@@H](C(=O)NO)C1. The van der Waals surface area contributed by atoms with E-state index in [0.29, 0.717) is 0 Å². The minimum absolute atomic E-state index is 0.0440. The molecule has 3 heteroatoms. The molecule has 0 heterocycles. The minimum Gasteiger partial charge on any atom is -0.289 e. The van der Waals surface area contributed by atoms with Crippen molar-refractivity contribution in [2.24, 2.45) is 5.92 Å². The van der Waals surface area contributed by atoms with Crippen molar-refractivity contribution in [2.75, 3.05) is 0 Å². The van der Waals surface area contributed by atoms with Crippen molar-refractivity contribution in [3.63, 3.8) is 0 Å². The Morgan fingerprint density at radius 2 is 2.50 bits per heavy atom. The van der Waals surface area contributed by atoms with Crippen molar-refractivity contribution in [3.05, 3.63) is 12.2 Å². The second-order valence-electron chi connectivity index (χ2n) is 2.67.